The number of aromatic amines is 1. The van der Waals surface area contributed by atoms with Crippen LogP contribution in [-0.4, -0.2) is 26.2 Å². The maximum absolute atomic E-state index is 11.8. The SMILES string of the molecule is Cc1cc(C)c([N+](=O)[O-])cc1NC(=O)c1cn[nH]n1. The summed E-state index contributed by atoms with van der Waals surface area (Å²) in [6, 6.07) is 2.99. The molecule has 1 aromatic heterocycles. The van der Waals surface area contributed by atoms with Crippen molar-refractivity contribution in [3.8, 4) is 0 Å². The molecule has 0 bridgehead atoms. The summed E-state index contributed by atoms with van der Waals surface area (Å²) in [6.45, 7) is 3.41. The van der Waals surface area contributed by atoms with Gasteiger partial charge in [-0.15, -0.1) is 0 Å². The van der Waals surface area contributed by atoms with Gasteiger partial charge in [0.1, 0.15) is 0 Å². The Kier molecular flexibility index (Phi) is 3.23. The van der Waals surface area contributed by atoms with E-state index in [1.165, 1.54) is 12.3 Å². The zero-order chi connectivity index (χ0) is 14.0. The summed E-state index contributed by atoms with van der Waals surface area (Å²) in [7, 11) is 0. The predicted octanol–water partition coefficient (Wildman–Crippen LogP) is 1.58. The Labute approximate surface area is 108 Å². The molecule has 0 atom stereocenters. The number of amides is 1. The van der Waals surface area contributed by atoms with Gasteiger partial charge < -0.3 is 5.32 Å². The van der Waals surface area contributed by atoms with Crippen LogP contribution in [0.2, 0.25) is 0 Å². The lowest BCUT2D eigenvalue weighted by molar-refractivity contribution is -0.385. The number of nitrogens with one attached hydrogen (secondary N) is 2. The average molecular weight is 261 g/mol. The van der Waals surface area contributed by atoms with E-state index in [1.807, 2.05) is 0 Å². The molecule has 2 N–H and O–H groups in total. The molecule has 19 heavy (non-hydrogen) atoms. The van der Waals surface area contributed by atoms with E-state index >= 15 is 0 Å². The summed E-state index contributed by atoms with van der Waals surface area (Å²) in [5.41, 5.74) is 1.73. The first-order valence-corrected chi connectivity index (χ1v) is 5.42. The number of carbonyl (C=O) groups is 1. The molecule has 1 aromatic carbocycles. The van der Waals surface area contributed by atoms with Gasteiger partial charge in [-0.2, -0.15) is 15.4 Å². The van der Waals surface area contributed by atoms with Crippen LogP contribution in [0.25, 0.3) is 0 Å². The minimum atomic E-state index is -0.486. The molecule has 2 aromatic rings. The van der Waals surface area contributed by atoms with Crippen molar-refractivity contribution in [3.05, 3.63) is 45.3 Å². The maximum Gasteiger partial charge on any atom is 0.277 e. The highest BCUT2D eigenvalue weighted by Gasteiger charge is 2.16. The second-order valence-corrected chi connectivity index (χ2v) is 4.02. The molecule has 2 rings (SSSR count). The third-order valence-electron chi connectivity index (χ3n) is 2.64. The van der Waals surface area contributed by atoms with Crippen molar-refractivity contribution in [2.45, 2.75) is 13.8 Å². The molecule has 0 fully saturated rings. The van der Waals surface area contributed by atoms with Crippen molar-refractivity contribution >= 4 is 17.3 Å². The van der Waals surface area contributed by atoms with Crippen LogP contribution < -0.4 is 5.32 Å². The normalized spacial score (nSPS) is 10.2. The van der Waals surface area contributed by atoms with E-state index in [1.54, 1.807) is 19.9 Å². The van der Waals surface area contributed by atoms with Gasteiger partial charge in [0.05, 0.1) is 16.8 Å². The topological polar surface area (TPSA) is 114 Å². The van der Waals surface area contributed by atoms with Gasteiger partial charge in [0.2, 0.25) is 0 Å². The number of hydrogen-bond acceptors (Lipinski definition) is 5. The van der Waals surface area contributed by atoms with E-state index in [0.29, 0.717) is 11.3 Å². The van der Waals surface area contributed by atoms with Crippen LogP contribution in [0.1, 0.15) is 21.6 Å². The van der Waals surface area contributed by atoms with Crippen LogP contribution in [0.5, 0.6) is 0 Å². The van der Waals surface area contributed by atoms with Crippen molar-refractivity contribution in [2.24, 2.45) is 0 Å². The average Bonchev–Trinajstić information content (AvgIpc) is 2.85. The Hall–Kier alpha value is -2.77. The van der Waals surface area contributed by atoms with Crippen molar-refractivity contribution in [1.29, 1.82) is 0 Å². The number of hydrogen-bond donors (Lipinski definition) is 2. The lowest BCUT2D eigenvalue weighted by Crippen LogP contribution is -2.13. The first-order chi connectivity index (χ1) is 8.99. The number of nitrogens with zero attached hydrogens (tertiary/aromatic N) is 3. The van der Waals surface area contributed by atoms with Crippen LogP contribution in [0.4, 0.5) is 11.4 Å². The Morgan fingerprint density at radius 3 is 2.68 bits per heavy atom. The number of nitro groups is 1. The van der Waals surface area contributed by atoms with Gasteiger partial charge in [0.25, 0.3) is 11.6 Å². The van der Waals surface area contributed by atoms with Crippen molar-refractivity contribution in [1.82, 2.24) is 15.4 Å². The summed E-state index contributed by atoms with van der Waals surface area (Å²) in [4.78, 5) is 22.2. The highest BCUT2D eigenvalue weighted by atomic mass is 16.6. The fraction of sp³-hybridized carbons (Fsp3) is 0.182. The lowest BCUT2D eigenvalue weighted by atomic mass is 10.1. The number of aryl methyl sites for hydroxylation is 2. The third-order valence-corrected chi connectivity index (χ3v) is 2.64. The van der Waals surface area contributed by atoms with Crippen LogP contribution in [0.3, 0.4) is 0 Å². The predicted molar refractivity (Wildman–Crippen MR) is 66.9 cm³/mol. The van der Waals surface area contributed by atoms with Gasteiger partial charge >= 0.3 is 0 Å². The Morgan fingerprint density at radius 1 is 1.37 bits per heavy atom. The minimum absolute atomic E-state index is 0.0407. The van der Waals surface area contributed by atoms with E-state index in [9.17, 15) is 14.9 Å². The number of anilines is 1. The van der Waals surface area contributed by atoms with E-state index in [-0.39, 0.29) is 11.4 Å². The molecule has 0 unspecified atom stereocenters. The molecule has 0 spiro atoms. The lowest BCUT2D eigenvalue weighted by Gasteiger charge is -2.08. The van der Waals surface area contributed by atoms with Crippen LogP contribution in [0.15, 0.2) is 18.3 Å². The summed E-state index contributed by atoms with van der Waals surface area (Å²) in [5.74, 6) is -0.477. The van der Waals surface area contributed by atoms with Crippen LogP contribution >= 0.6 is 0 Å². The van der Waals surface area contributed by atoms with Gasteiger partial charge in [-0.1, -0.05) is 0 Å². The van der Waals surface area contributed by atoms with Crippen molar-refractivity contribution in [3.63, 3.8) is 0 Å². The summed E-state index contributed by atoms with van der Waals surface area (Å²) in [5, 5.41) is 22.9. The molecule has 8 heteroatoms. The smallest absolute Gasteiger partial charge is 0.277 e. The van der Waals surface area contributed by atoms with E-state index in [4.69, 9.17) is 0 Å². The minimum Gasteiger partial charge on any atom is -0.320 e. The molecule has 0 aliphatic carbocycles. The molecule has 0 aliphatic heterocycles. The quantitative estimate of drug-likeness (QED) is 0.643. The number of rotatable bonds is 3. The zero-order valence-corrected chi connectivity index (χ0v) is 10.3. The maximum atomic E-state index is 11.8. The van der Waals surface area contributed by atoms with E-state index in [0.717, 1.165) is 5.56 Å². The van der Waals surface area contributed by atoms with Crippen LogP contribution in [-0.2, 0) is 0 Å². The highest BCUT2D eigenvalue weighted by molar-refractivity contribution is 6.03. The molecule has 1 heterocycles. The van der Waals surface area contributed by atoms with Gasteiger partial charge in [0.15, 0.2) is 5.69 Å². The summed E-state index contributed by atoms with van der Waals surface area (Å²) < 4.78 is 0. The first-order valence-electron chi connectivity index (χ1n) is 5.42. The summed E-state index contributed by atoms with van der Waals surface area (Å²) in [6.07, 6.45) is 1.27. The second-order valence-electron chi connectivity index (χ2n) is 4.02. The first kappa shape index (κ1) is 12.7. The van der Waals surface area contributed by atoms with Crippen molar-refractivity contribution < 1.29 is 9.72 Å². The molecule has 0 saturated carbocycles. The van der Waals surface area contributed by atoms with E-state index in [2.05, 4.69) is 20.7 Å². The van der Waals surface area contributed by atoms with Crippen LogP contribution in [0, 0.1) is 24.0 Å². The van der Waals surface area contributed by atoms with Gasteiger partial charge in [-0.05, 0) is 25.5 Å². The Balaban J connectivity index is 2.32. The van der Waals surface area contributed by atoms with E-state index < -0.39 is 10.8 Å². The molecule has 8 nitrogen and oxygen atoms in total. The number of carbonyl (C=O) groups excluding carboxylic acids is 1. The molecule has 0 aliphatic rings. The van der Waals surface area contributed by atoms with Gasteiger partial charge in [0, 0.05) is 11.6 Å². The standard InChI is InChI=1S/C11H11N5O3/c1-6-3-7(2)10(16(18)19)4-8(6)13-11(17)9-5-12-15-14-9/h3-5H,1-2H3,(H,13,17)(H,12,14,15). The second kappa shape index (κ2) is 4.84. The summed E-state index contributed by atoms with van der Waals surface area (Å²) >= 11 is 0. The molecule has 0 saturated heterocycles. The Morgan fingerprint density at radius 2 is 2.11 bits per heavy atom. The molecule has 98 valence electrons. The van der Waals surface area contributed by atoms with Gasteiger partial charge in [-0.25, -0.2) is 0 Å². The molecular formula is C11H11N5O3. The molecule has 0 radical (unpaired) electrons. The third kappa shape index (κ3) is 2.57. The highest BCUT2D eigenvalue weighted by Crippen LogP contribution is 2.26. The fourth-order valence-corrected chi connectivity index (χ4v) is 1.67. The number of aromatic nitrogens is 3. The number of H-pyrrole nitrogens is 1. The number of benzene rings is 1. The molecule has 1 amide bonds. The molecular weight excluding hydrogens is 250 g/mol. The zero-order valence-electron chi connectivity index (χ0n) is 10.3. The monoisotopic (exact) mass is 261 g/mol. The Bertz CT molecular complexity index is 636. The largest absolute Gasteiger partial charge is 0.320 e. The van der Waals surface area contributed by atoms with Gasteiger partial charge in [-0.3, -0.25) is 14.9 Å². The fourth-order valence-electron chi connectivity index (χ4n) is 1.67. The number of nitro benzene ring substituents is 1. The van der Waals surface area contributed by atoms with Crippen molar-refractivity contribution in [2.75, 3.05) is 5.32 Å².